The van der Waals surface area contributed by atoms with Crippen molar-refractivity contribution in [3.63, 3.8) is 0 Å². The van der Waals surface area contributed by atoms with Crippen molar-refractivity contribution in [1.29, 1.82) is 0 Å². The van der Waals surface area contributed by atoms with Gasteiger partial charge in [-0.2, -0.15) is 17.0 Å². The number of ether oxygens (including phenoxy) is 2. The van der Waals surface area contributed by atoms with Crippen molar-refractivity contribution in [2.24, 2.45) is 0 Å². The molecule has 2 fully saturated rings. The highest BCUT2D eigenvalue weighted by atomic mass is 32.2. The SMILES string of the molecule is CCOc1ccc(C2CCCN2S(=O)(=O)N2CC(C)OC(C)C2)cc1. The summed E-state index contributed by atoms with van der Waals surface area (Å²) in [6, 6.07) is 7.69. The van der Waals surface area contributed by atoms with Gasteiger partial charge >= 0.3 is 0 Å². The molecular weight excluding hydrogens is 340 g/mol. The summed E-state index contributed by atoms with van der Waals surface area (Å²) in [5, 5.41) is 0. The third-order valence-corrected chi connectivity index (χ3v) is 6.77. The Morgan fingerprint density at radius 3 is 2.40 bits per heavy atom. The number of nitrogens with zero attached hydrogens (tertiary/aromatic N) is 2. The van der Waals surface area contributed by atoms with Gasteiger partial charge < -0.3 is 9.47 Å². The molecule has 7 heteroatoms. The van der Waals surface area contributed by atoms with E-state index in [1.807, 2.05) is 45.0 Å². The Morgan fingerprint density at radius 2 is 1.80 bits per heavy atom. The number of hydrogen-bond donors (Lipinski definition) is 0. The predicted octanol–water partition coefficient (Wildman–Crippen LogP) is 2.58. The molecule has 2 aliphatic rings. The van der Waals surface area contributed by atoms with Crippen LogP contribution in [0.4, 0.5) is 0 Å². The van der Waals surface area contributed by atoms with E-state index in [2.05, 4.69) is 0 Å². The van der Waals surface area contributed by atoms with Crippen LogP contribution in [0.25, 0.3) is 0 Å². The Labute approximate surface area is 150 Å². The van der Waals surface area contributed by atoms with E-state index >= 15 is 0 Å². The van der Waals surface area contributed by atoms with Crippen molar-refractivity contribution in [1.82, 2.24) is 8.61 Å². The summed E-state index contributed by atoms with van der Waals surface area (Å²) >= 11 is 0. The Balaban J connectivity index is 1.80. The molecule has 2 aliphatic heterocycles. The molecule has 2 heterocycles. The fourth-order valence-corrected chi connectivity index (χ4v) is 5.77. The van der Waals surface area contributed by atoms with Crippen molar-refractivity contribution in [2.75, 3.05) is 26.2 Å². The summed E-state index contributed by atoms with van der Waals surface area (Å²) in [5.41, 5.74) is 1.03. The maximum atomic E-state index is 13.2. The van der Waals surface area contributed by atoms with E-state index in [9.17, 15) is 8.42 Å². The molecule has 3 unspecified atom stereocenters. The minimum Gasteiger partial charge on any atom is -0.494 e. The van der Waals surface area contributed by atoms with Crippen LogP contribution in [0.1, 0.15) is 45.2 Å². The van der Waals surface area contributed by atoms with Crippen LogP contribution in [-0.4, -0.2) is 55.5 Å². The third kappa shape index (κ3) is 4.00. The molecule has 3 rings (SSSR count). The standard InChI is InChI=1S/C18H28N2O4S/c1-4-23-17-9-7-16(8-10-17)18-6-5-11-20(18)25(21,22)19-12-14(2)24-15(3)13-19/h7-10,14-15,18H,4-6,11-13H2,1-3H3. The molecule has 1 aromatic rings. The molecule has 0 N–H and O–H groups in total. The summed E-state index contributed by atoms with van der Waals surface area (Å²) < 4.78 is 40.8. The highest BCUT2D eigenvalue weighted by Gasteiger charge is 2.41. The van der Waals surface area contributed by atoms with E-state index in [-0.39, 0.29) is 18.2 Å². The molecule has 0 saturated carbocycles. The Bertz CT molecular complexity index is 667. The second kappa shape index (κ2) is 7.61. The quantitative estimate of drug-likeness (QED) is 0.801. The molecule has 140 valence electrons. The third-order valence-electron chi connectivity index (χ3n) is 4.79. The first kappa shape index (κ1) is 18.6. The molecule has 0 amide bonds. The van der Waals surface area contributed by atoms with Gasteiger partial charge in [-0.3, -0.25) is 0 Å². The molecule has 3 atom stereocenters. The lowest BCUT2D eigenvalue weighted by atomic mass is 10.1. The molecule has 0 radical (unpaired) electrons. The first-order valence-corrected chi connectivity index (χ1v) is 10.5. The smallest absolute Gasteiger partial charge is 0.282 e. The fourth-order valence-electron chi connectivity index (χ4n) is 3.77. The highest BCUT2D eigenvalue weighted by Crippen LogP contribution is 2.36. The Morgan fingerprint density at radius 1 is 1.16 bits per heavy atom. The van der Waals surface area contributed by atoms with Gasteiger partial charge in [-0.05, 0) is 51.3 Å². The number of benzene rings is 1. The van der Waals surface area contributed by atoms with Crippen LogP contribution < -0.4 is 4.74 Å². The minimum atomic E-state index is -3.49. The van der Waals surface area contributed by atoms with Crippen LogP contribution in [-0.2, 0) is 14.9 Å². The maximum Gasteiger partial charge on any atom is 0.282 e. The fraction of sp³-hybridized carbons (Fsp3) is 0.667. The van der Waals surface area contributed by atoms with E-state index in [1.165, 1.54) is 0 Å². The van der Waals surface area contributed by atoms with Gasteiger partial charge in [0.05, 0.1) is 24.9 Å². The number of morpholine rings is 1. The lowest BCUT2D eigenvalue weighted by molar-refractivity contribution is -0.0455. The molecule has 2 saturated heterocycles. The average Bonchev–Trinajstić information content (AvgIpc) is 3.05. The largest absolute Gasteiger partial charge is 0.494 e. The van der Waals surface area contributed by atoms with Crippen LogP contribution in [0, 0.1) is 0 Å². The van der Waals surface area contributed by atoms with E-state index in [0.717, 1.165) is 24.2 Å². The summed E-state index contributed by atoms with van der Waals surface area (Å²) in [6.45, 7) is 7.82. The van der Waals surface area contributed by atoms with Gasteiger partial charge in [-0.25, -0.2) is 0 Å². The number of rotatable bonds is 5. The maximum absolute atomic E-state index is 13.2. The second-order valence-electron chi connectivity index (χ2n) is 6.85. The highest BCUT2D eigenvalue weighted by molar-refractivity contribution is 7.86. The topological polar surface area (TPSA) is 59.1 Å². The van der Waals surface area contributed by atoms with E-state index in [0.29, 0.717) is 26.2 Å². The molecule has 25 heavy (non-hydrogen) atoms. The molecule has 0 spiro atoms. The summed E-state index contributed by atoms with van der Waals surface area (Å²) in [6.07, 6.45) is 1.57. The first-order chi connectivity index (χ1) is 11.9. The molecule has 0 aliphatic carbocycles. The lowest BCUT2D eigenvalue weighted by Gasteiger charge is -2.38. The molecule has 6 nitrogen and oxygen atoms in total. The minimum absolute atomic E-state index is 0.0787. The van der Waals surface area contributed by atoms with Gasteiger partial charge in [0.15, 0.2) is 0 Å². The van der Waals surface area contributed by atoms with E-state index < -0.39 is 10.2 Å². The molecular formula is C18H28N2O4S. The normalized spacial score (nSPS) is 29.0. The Hall–Kier alpha value is -1.15. The van der Waals surface area contributed by atoms with Gasteiger partial charge in [0.25, 0.3) is 10.2 Å². The molecule has 0 bridgehead atoms. The van der Waals surface area contributed by atoms with Crippen LogP contribution in [0.15, 0.2) is 24.3 Å². The van der Waals surface area contributed by atoms with Crippen molar-refractivity contribution in [2.45, 2.75) is 51.9 Å². The number of hydrogen-bond acceptors (Lipinski definition) is 4. The van der Waals surface area contributed by atoms with Crippen LogP contribution in [0.3, 0.4) is 0 Å². The summed E-state index contributed by atoms with van der Waals surface area (Å²) in [4.78, 5) is 0. The van der Waals surface area contributed by atoms with Crippen molar-refractivity contribution in [3.8, 4) is 5.75 Å². The zero-order valence-electron chi connectivity index (χ0n) is 15.2. The van der Waals surface area contributed by atoms with Crippen molar-refractivity contribution >= 4 is 10.2 Å². The van der Waals surface area contributed by atoms with Crippen LogP contribution >= 0.6 is 0 Å². The van der Waals surface area contributed by atoms with Crippen molar-refractivity contribution < 1.29 is 17.9 Å². The van der Waals surface area contributed by atoms with Gasteiger partial charge in [0.1, 0.15) is 5.75 Å². The monoisotopic (exact) mass is 368 g/mol. The molecule has 1 aromatic carbocycles. The zero-order valence-corrected chi connectivity index (χ0v) is 16.0. The average molecular weight is 368 g/mol. The van der Waals surface area contributed by atoms with Gasteiger partial charge in [0.2, 0.25) is 0 Å². The van der Waals surface area contributed by atoms with Crippen LogP contribution in [0.2, 0.25) is 0 Å². The van der Waals surface area contributed by atoms with Crippen LogP contribution in [0.5, 0.6) is 5.75 Å². The predicted molar refractivity (Wildman–Crippen MR) is 96.8 cm³/mol. The van der Waals surface area contributed by atoms with Gasteiger partial charge in [-0.15, -0.1) is 0 Å². The Kier molecular flexibility index (Phi) is 5.68. The second-order valence-corrected chi connectivity index (χ2v) is 8.73. The molecule has 0 aromatic heterocycles. The van der Waals surface area contributed by atoms with Crippen molar-refractivity contribution in [3.05, 3.63) is 29.8 Å². The van der Waals surface area contributed by atoms with E-state index in [4.69, 9.17) is 9.47 Å². The van der Waals surface area contributed by atoms with Gasteiger partial charge in [-0.1, -0.05) is 12.1 Å². The van der Waals surface area contributed by atoms with Gasteiger partial charge in [0, 0.05) is 19.6 Å². The summed E-state index contributed by atoms with van der Waals surface area (Å²) in [7, 11) is -3.49. The van der Waals surface area contributed by atoms with E-state index in [1.54, 1.807) is 8.61 Å². The zero-order chi connectivity index (χ0) is 18.0. The first-order valence-electron chi connectivity index (χ1n) is 9.07. The summed E-state index contributed by atoms with van der Waals surface area (Å²) in [5.74, 6) is 0.814. The lowest BCUT2D eigenvalue weighted by Crippen LogP contribution is -2.52.